The van der Waals surface area contributed by atoms with E-state index in [9.17, 15) is 9.90 Å². The number of ether oxygens (including phenoxy) is 3. The number of nitrogens with zero attached hydrogens (tertiary/aromatic N) is 8. The van der Waals surface area contributed by atoms with Crippen molar-refractivity contribution in [2.24, 2.45) is 5.92 Å². The SMILES string of the molecule is CCC[C@@H](CCO[Si](C)(C)C(C)(C)C)Nc1nc(N(Cc2ccc(OC)cc2)Cc2ccc(OC)cc2)c2ncc(C(O)c3cnc(N4CCC(CN(C)C(=O)OC(C)(C)C)CC4)c(C)c3)n2n1. The minimum absolute atomic E-state index is 0.0407. The fraction of sp³-hybridized carbons (Fsp3) is 0.558. The number of carbonyl (C=O) groups is 1. The van der Waals surface area contributed by atoms with Crippen molar-refractivity contribution in [1.29, 1.82) is 0 Å². The highest BCUT2D eigenvalue weighted by molar-refractivity contribution is 6.74. The van der Waals surface area contributed by atoms with Gasteiger partial charge in [-0.05, 0) is 124 Å². The minimum atomic E-state index is -1.96. The molecule has 1 fully saturated rings. The summed E-state index contributed by atoms with van der Waals surface area (Å²) in [5.41, 5.74) is 4.20. The number of aryl methyl sites for hydroxylation is 1. The van der Waals surface area contributed by atoms with E-state index < -0.39 is 20.0 Å². The number of rotatable bonds is 20. The molecule has 2 N–H and O–H groups in total. The third kappa shape index (κ3) is 13.4. The van der Waals surface area contributed by atoms with Crippen molar-refractivity contribution in [3.05, 3.63) is 94.9 Å². The molecule has 1 aliphatic heterocycles. The van der Waals surface area contributed by atoms with E-state index >= 15 is 0 Å². The molecule has 0 saturated carbocycles. The highest BCUT2D eigenvalue weighted by Crippen LogP contribution is 2.37. The lowest BCUT2D eigenvalue weighted by Gasteiger charge is -2.36. The smallest absolute Gasteiger partial charge is 0.410 e. The topological polar surface area (TPSA) is 152 Å². The van der Waals surface area contributed by atoms with Crippen LogP contribution in [0.4, 0.5) is 22.4 Å². The van der Waals surface area contributed by atoms with Crippen LogP contribution in [-0.2, 0) is 22.3 Å². The van der Waals surface area contributed by atoms with E-state index in [1.807, 2.05) is 65.1 Å². The number of imidazole rings is 1. The number of anilines is 3. The Morgan fingerprint density at radius 3 is 2.04 bits per heavy atom. The van der Waals surface area contributed by atoms with E-state index in [2.05, 4.69) is 80.2 Å². The Bertz CT molecular complexity index is 2360. The second kappa shape index (κ2) is 22.3. The quantitative estimate of drug-likeness (QED) is 0.0713. The Kier molecular flexibility index (Phi) is 17.0. The summed E-state index contributed by atoms with van der Waals surface area (Å²) in [5.74, 6) is 3.86. The molecule has 2 aromatic carbocycles. The highest BCUT2D eigenvalue weighted by Gasteiger charge is 2.37. The van der Waals surface area contributed by atoms with E-state index in [0.29, 0.717) is 60.8 Å². The number of hydrogen-bond donors (Lipinski definition) is 2. The van der Waals surface area contributed by atoms with Crippen molar-refractivity contribution >= 4 is 37.6 Å². The number of aliphatic hydroxyl groups excluding tert-OH is 1. The molecule has 1 aliphatic rings. The lowest BCUT2D eigenvalue weighted by Crippen LogP contribution is -2.41. The van der Waals surface area contributed by atoms with Gasteiger partial charge in [-0.15, -0.1) is 5.10 Å². The van der Waals surface area contributed by atoms with Crippen LogP contribution >= 0.6 is 0 Å². The van der Waals surface area contributed by atoms with Crippen molar-refractivity contribution < 1.29 is 28.5 Å². The summed E-state index contributed by atoms with van der Waals surface area (Å²) in [5, 5.41) is 21.2. The molecule has 1 unspecified atom stereocenters. The largest absolute Gasteiger partial charge is 0.497 e. The number of methoxy groups -OCH3 is 2. The Balaban J connectivity index is 1.32. The Morgan fingerprint density at radius 2 is 1.51 bits per heavy atom. The molecule has 0 radical (unpaired) electrons. The molecule has 15 nitrogen and oxygen atoms in total. The zero-order valence-corrected chi connectivity index (χ0v) is 43.9. The van der Waals surface area contributed by atoms with Crippen molar-refractivity contribution in [2.75, 3.05) is 62.6 Å². The first-order valence-electron chi connectivity index (χ1n) is 24.2. The molecule has 1 saturated heterocycles. The summed E-state index contributed by atoms with van der Waals surface area (Å²) in [4.78, 5) is 34.0. The standard InChI is InChI=1S/C52H77N9O6Si/c1-14-15-41(26-29-66-68(12,13)52(6,7)8)55-49-56-48(60(34-37-16-20-42(64-10)21-17-37)35-38-18-22-43(65-11)23-19-38)47-54-32-44(61(47)57-49)45(62)40-30-36(2)46(53-31-40)59-27-24-39(25-28-59)33-58(9)50(63)67-51(3,4)5/h16-23,30-32,39,41,45,62H,14-15,24-29,33-35H2,1-13H3,(H,55,57)/t41-,45?/m0/s1. The summed E-state index contributed by atoms with van der Waals surface area (Å²) in [7, 11) is 3.18. The Hall–Kier alpha value is -5.45. The molecule has 0 aliphatic carbocycles. The van der Waals surface area contributed by atoms with Crippen molar-refractivity contribution in [2.45, 2.75) is 136 Å². The first-order chi connectivity index (χ1) is 32.2. The molecule has 370 valence electrons. The van der Waals surface area contributed by atoms with E-state index in [-0.39, 0.29) is 17.2 Å². The van der Waals surface area contributed by atoms with Gasteiger partial charge >= 0.3 is 6.09 Å². The van der Waals surface area contributed by atoms with Crippen LogP contribution in [0.25, 0.3) is 5.65 Å². The summed E-state index contributed by atoms with van der Waals surface area (Å²) in [6.45, 7) is 25.2. The third-order valence-corrected chi connectivity index (χ3v) is 17.8. The van der Waals surface area contributed by atoms with E-state index in [1.54, 1.807) is 36.0 Å². The number of aliphatic hydroxyl groups is 1. The number of aromatic nitrogens is 5. The van der Waals surface area contributed by atoms with E-state index in [0.717, 1.165) is 79.2 Å². The number of hydrogen-bond acceptors (Lipinski definition) is 13. The monoisotopic (exact) mass is 952 g/mol. The Labute approximate surface area is 405 Å². The fourth-order valence-corrected chi connectivity index (χ4v) is 9.38. The average molecular weight is 952 g/mol. The Morgan fingerprint density at radius 1 is 0.912 bits per heavy atom. The van der Waals surface area contributed by atoms with Gasteiger partial charge in [0.1, 0.15) is 29.0 Å². The molecule has 68 heavy (non-hydrogen) atoms. The number of carbonyl (C=O) groups excluding carboxylic acids is 1. The maximum absolute atomic E-state index is 12.6. The molecule has 3 aromatic heterocycles. The van der Waals surface area contributed by atoms with Gasteiger partial charge in [-0.1, -0.05) is 58.4 Å². The van der Waals surface area contributed by atoms with Gasteiger partial charge in [-0.3, -0.25) is 0 Å². The third-order valence-electron chi connectivity index (χ3n) is 13.3. The van der Waals surface area contributed by atoms with Crippen LogP contribution in [0.1, 0.15) is 115 Å². The number of fused-ring (bicyclic) bond motifs is 1. The lowest BCUT2D eigenvalue weighted by molar-refractivity contribution is 0.0266. The fourth-order valence-electron chi connectivity index (χ4n) is 8.31. The average Bonchev–Trinajstić information content (AvgIpc) is 3.72. The number of benzene rings is 2. The van der Waals surface area contributed by atoms with Gasteiger partial charge < -0.3 is 43.8 Å². The molecule has 4 heterocycles. The number of pyridine rings is 1. The van der Waals surface area contributed by atoms with Gasteiger partial charge in [-0.25, -0.2) is 19.3 Å². The van der Waals surface area contributed by atoms with E-state index in [1.165, 1.54) is 0 Å². The maximum Gasteiger partial charge on any atom is 0.410 e. The predicted octanol–water partition coefficient (Wildman–Crippen LogP) is 10.2. The minimum Gasteiger partial charge on any atom is -0.497 e. The van der Waals surface area contributed by atoms with Crippen LogP contribution in [-0.4, -0.2) is 108 Å². The van der Waals surface area contributed by atoms with Crippen molar-refractivity contribution in [3.8, 4) is 11.5 Å². The van der Waals surface area contributed by atoms with Crippen LogP contribution in [0.3, 0.4) is 0 Å². The van der Waals surface area contributed by atoms with Crippen LogP contribution < -0.4 is 24.6 Å². The van der Waals surface area contributed by atoms with Gasteiger partial charge in [0.25, 0.3) is 0 Å². The summed E-state index contributed by atoms with van der Waals surface area (Å²) >= 11 is 0. The predicted molar refractivity (Wildman–Crippen MR) is 274 cm³/mol. The molecular formula is C52H77N9O6Si. The summed E-state index contributed by atoms with van der Waals surface area (Å²) in [6.07, 6.45) is 6.58. The lowest BCUT2D eigenvalue weighted by atomic mass is 9.96. The first-order valence-corrected chi connectivity index (χ1v) is 27.1. The van der Waals surface area contributed by atoms with Crippen LogP contribution in [0.15, 0.2) is 67.0 Å². The van der Waals surface area contributed by atoms with Crippen LogP contribution in [0.5, 0.6) is 11.5 Å². The van der Waals surface area contributed by atoms with Crippen LogP contribution in [0, 0.1) is 12.8 Å². The molecule has 0 spiro atoms. The van der Waals surface area contributed by atoms with Crippen LogP contribution in [0.2, 0.25) is 18.1 Å². The zero-order valence-electron chi connectivity index (χ0n) is 42.9. The summed E-state index contributed by atoms with van der Waals surface area (Å²) < 4.78 is 24.9. The molecule has 6 rings (SSSR count). The van der Waals surface area contributed by atoms with Crippen molar-refractivity contribution in [1.82, 2.24) is 29.5 Å². The molecule has 16 heteroatoms. The molecule has 5 aromatic rings. The number of amides is 1. The van der Waals surface area contributed by atoms with Gasteiger partial charge in [0.2, 0.25) is 5.95 Å². The molecule has 2 atom stereocenters. The van der Waals surface area contributed by atoms with E-state index in [4.69, 9.17) is 38.7 Å². The van der Waals surface area contributed by atoms with Crippen molar-refractivity contribution in [3.63, 3.8) is 0 Å². The summed E-state index contributed by atoms with van der Waals surface area (Å²) in [6, 6.07) is 18.1. The molecule has 1 amide bonds. The number of piperidine rings is 1. The highest BCUT2D eigenvalue weighted by atomic mass is 28.4. The van der Waals surface area contributed by atoms with Gasteiger partial charge in [-0.2, -0.15) is 4.98 Å². The second-order valence-electron chi connectivity index (χ2n) is 20.9. The van der Waals surface area contributed by atoms with Gasteiger partial charge in [0.05, 0.1) is 26.1 Å². The normalized spacial score (nSPS) is 14.7. The van der Waals surface area contributed by atoms with Gasteiger partial charge in [0.15, 0.2) is 19.8 Å². The maximum atomic E-state index is 12.6. The zero-order chi connectivity index (χ0) is 49.4. The molecular weight excluding hydrogens is 875 g/mol. The van der Waals surface area contributed by atoms with Gasteiger partial charge in [0, 0.05) is 64.2 Å². The number of nitrogens with one attached hydrogen (secondary N) is 1. The molecule has 0 bridgehead atoms. The first kappa shape index (κ1) is 51.9. The second-order valence-corrected chi connectivity index (χ2v) is 25.7.